The fraction of sp³-hybridized carbons (Fsp3) is 0.650. The summed E-state index contributed by atoms with van der Waals surface area (Å²) in [6, 6.07) is -1.60. The molecular formula is C40H63N9O10S. The van der Waals surface area contributed by atoms with Gasteiger partial charge in [-0.1, -0.05) is 26.0 Å². The minimum atomic E-state index is -1.53. The molecule has 7 amide bonds. The number of unbranched alkanes of at least 4 members (excludes halogenated alkanes) is 1. The molecule has 2 aliphatic rings. The lowest BCUT2D eigenvalue weighted by Crippen LogP contribution is -2.60. The average molecular weight is 862 g/mol. The van der Waals surface area contributed by atoms with Gasteiger partial charge in [-0.15, -0.1) is 0 Å². The van der Waals surface area contributed by atoms with Crippen LogP contribution >= 0.6 is 11.8 Å². The molecule has 0 unspecified atom stereocenters. The second-order valence-electron chi connectivity index (χ2n) is 15.8. The van der Waals surface area contributed by atoms with Crippen molar-refractivity contribution in [1.29, 1.82) is 0 Å². The molecule has 1 aromatic carbocycles. The third kappa shape index (κ3) is 14.9. The van der Waals surface area contributed by atoms with E-state index in [1.807, 2.05) is 13.8 Å². The molecule has 0 spiro atoms. The minimum absolute atomic E-state index is 0.0641. The van der Waals surface area contributed by atoms with E-state index in [0.717, 1.165) is 5.56 Å². The van der Waals surface area contributed by atoms with Crippen molar-refractivity contribution < 1.29 is 48.6 Å². The average Bonchev–Trinajstić information content (AvgIpc) is 3.89. The molecule has 2 fully saturated rings. The molecular weight excluding hydrogens is 799 g/mol. The number of phenols is 1. The van der Waals surface area contributed by atoms with Crippen LogP contribution in [-0.2, 0) is 44.8 Å². The highest BCUT2D eigenvalue weighted by molar-refractivity contribution is 7.98. The Balaban J connectivity index is 1.73. The molecule has 19 nitrogen and oxygen atoms in total. The van der Waals surface area contributed by atoms with Crippen LogP contribution in [-0.4, -0.2) is 141 Å². The molecule has 12 N–H and O–H groups in total. The highest BCUT2D eigenvalue weighted by atomic mass is 32.2. The number of nitrogens with zero attached hydrogens (tertiary/aromatic N) is 2. The van der Waals surface area contributed by atoms with E-state index in [1.54, 1.807) is 18.4 Å². The number of carboxylic acid groups (broad SMARTS) is 1. The second-order valence-corrected chi connectivity index (χ2v) is 16.8. The number of primary amides is 1. The molecule has 3 rings (SSSR count). The van der Waals surface area contributed by atoms with Gasteiger partial charge in [-0.3, -0.25) is 33.6 Å². The standard InChI is InChI=1S/C40H63N9O10S/c1-23(2)20-30(47-37(55)31-9-6-17-48(31)38(56)26(42)21-24-11-13-25(50)14-12-24)39(57)49-18-7-10-32(49)36(54)46-29(22-33(43)51)35(53)44-27(15-19-60-3)34(52)45-28(40(58)59)8-4-5-16-41/h11-14,23,26-32,50H,4-10,15-22,41-42H2,1-3H3,(H2,43,51)(H,44,53)(H,45,52)(H,46,54)(H,47,55)(H,58,59)/t26-,27-,28-,29-,30-,31-,32-/m0/s1. The molecule has 0 saturated carbocycles. The van der Waals surface area contributed by atoms with Crippen molar-refractivity contribution in [3.8, 4) is 5.75 Å². The zero-order chi connectivity index (χ0) is 44.5. The predicted molar refractivity (Wildman–Crippen MR) is 224 cm³/mol. The Labute approximate surface area is 355 Å². The maximum Gasteiger partial charge on any atom is 0.326 e. The van der Waals surface area contributed by atoms with Gasteiger partial charge in [0, 0.05) is 13.1 Å². The largest absolute Gasteiger partial charge is 0.508 e. The van der Waals surface area contributed by atoms with Gasteiger partial charge in [-0.25, -0.2) is 4.79 Å². The quantitative estimate of drug-likeness (QED) is 0.0569. The number of amides is 7. The number of phenolic OH excluding ortho intramolecular Hbond substituents is 1. The molecule has 0 aromatic heterocycles. The van der Waals surface area contributed by atoms with Gasteiger partial charge in [0.2, 0.25) is 41.4 Å². The highest BCUT2D eigenvalue weighted by Gasteiger charge is 2.42. The first-order chi connectivity index (χ1) is 28.5. The lowest BCUT2D eigenvalue weighted by molar-refractivity contribution is -0.144. The van der Waals surface area contributed by atoms with Crippen LogP contribution in [0, 0.1) is 5.92 Å². The van der Waals surface area contributed by atoms with Crippen molar-refractivity contribution in [2.45, 2.75) is 127 Å². The van der Waals surface area contributed by atoms with Gasteiger partial charge in [0.15, 0.2) is 0 Å². The lowest BCUT2D eigenvalue weighted by Gasteiger charge is -2.32. The monoisotopic (exact) mass is 861 g/mol. The summed E-state index contributed by atoms with van der Waals surface area (Å²) in [6.07, 6.45) is 4.35. The van der Waals surface area contributed by atoms with Crippen molar-refractivity contribution in [1.82, 2.24) is 31.1 Å². The van der Waals surface area contributed by atoms with E-state index in [2.05, 4.69) is 21.3 Å². The zero-order valence-corrected chi connectivity index (χ0v) is 35.5. The van der Waals surface area contributed by atoms with Crippen LogP contribution in [0.1, 0.15) is 83.6 Å². The summed E-state index contributed by atoms with van der Waals surface area (Å²) in [5, 5.41) is 29.7. The van der Waals surface area contributed by atoms with Gasteiger partial charge < -0.3 is 58.5 Å². The van der Waals surface area contributed by atoms with Crippen LogP contribution in [0.5, 0.6) is 5.75 Å². The minimum Gasteiger partial charge on any atom is -0.508 e. The number of carboxylic acids is 1. The van der Waals surface area contributed by atoms with E-state index in [-0.39, 0.29) is 50.3 Å². The number of rotatable bonds is 24. The Morgan fingerprint density at radius 3 is 1.87 bits per heavy atom. The van der Waals surface area contributed by atoms with E-state index in [0.29, 0.717) is 50.9 Å². The third-order valence-electron chi connectivity index (χ3n) is 10.6. The van der Waals surface area contributed by atoms with Gasteiger partial charge in [0.05, 0.1) is 12.5 Å². The van der Waals surface area contributed by atoms with E-state index < -0.39 is 96.0 Å². The molecule has 20 heteroatoms. The van der Waals surface area contributed by atoms with E-state index in [4.69, 9.17) is 17.2 Å². The number of benzene rings is 1. The van der Waals surface area contributed by atoms with Gasteiger partial charge in [-0.2, -0.15) is 11.8 Å². The summed E-state index contributed by atoms with van der Waals surface area (Å²) in [5.41, 5.74) is 18.0. The SMILES string of the molecule is CSCC[C@H](NC(=O)[C@H](CC(N)=O)NC(=O)[C@@H]1CCCN1C(=O)[C@H](CC(C)C)NC(=O)[C@@H]1CCCN1C(=O)[C@@H](N)Cc1ccc(O)cc1)C(=O)N[C@@H](CCCCN)C(=O)O. The Morgan fingerprint density at radius 2 is 1.33 bits per heavy atom. The molecule has 1 aromatic rings. The number of aromatic hydroxyl groups is 1. The molecule has 7 atom stereocenters. The van der Waals surface area contributed by atoms with Crippen molar-refractivity contribution in [3.05, 3.63) is 29.8 Å². The first-order valence-electron chi connectivity index (χ1n) is 20.5. The predicted octanol–water partition coefficient (Wildman–Crippen LogP) is -0.929. The van der Waals surface area contributed by atoms with Gasteiger partial charge in [0.1, 0.15) is 42.0 Å². The summed E-state index contributed by atoms with van der Waals surface area (Å²) < 4.78 is 0. The summed E-state index contributed by atoms with van der Waals surface area (Å²) in [5.74, 6) is -5.63. The first-order valence-corrected chi connectivity index (χ1v) is 21.9. The Morgan fingerprint density at radius 1 is 0.783 bits per heavy atom. The number of carbonyl (C=O) groups is 8. The number of carbonyl (C=O) groups excluding carboxylic acids is 7. The fourth-order valence-electron chi connectivity index (χ4n) is 7.43. The number of hydrogen-bond donors (Lipinski definition) is 9. The van der Waals surface area contributed by atoms with Crippen LogP contribution in [0.15, 0.2) is 24.3 Å². The molecule has 2 saturated heterocycles. The summed E-state index contributed by atoms with van der Waals surface area (Å²) in [6.45, 7) is 4.57. The topological polar surface area (TPSA) is 310 Å². The van der Waals surface area contributed by atoms with Crippen LogP contribution in [0.3, 0.4) is 0 Å². The number of hydrogen-bond acceptors (Lipinski definition) is 12. The fourth-order valence-corrected chi connectivity index (χ4v) is 7.90. The smallest absolute Gasteiger partial charge is 0.326 e. The maximum absolute atomic E-state index is 14.2. The van der Waals surface area contributed by atoms with Crippen LogP contribution in [0.4, 0.5) is 0 Å². The molecule has 0 radical (unpaired) electrons. The number of likely N-dealkylation sites (tertiary alicyclic amines) is 2. The zero-order valence-electron chi connectivity index (χ0n) is 34.7. The summed E-state index contributed by atoms with van der Waals surface area (Å²) in [4.78, 5) is 109. The lowest BCUT2D eigenvalue weighted by atomic mass is 10.0. The van der Waals surface area contributed by atoms with E-state index in [1.165, 1.54) is 33.7 Å². The van der Waals surface area contributed by atoms with Gasteiger partial charge in [-0.05, 0) is 106 Å². The van der Waals surface area contributed by atoms with Gasteiger partial charge >= 0.3 is 5.97 Å². The van der Waals surface area contributed by atoms with Crippen molar-refractivity contribution in [2.24, 2.45) is 23.1 Å². The molecule has 0 aliphatic carbocycles. The second kappa shape index (κ2) is 24.3. The number of nitrogens with one attached hydrogen (secondary N) is 4. The van der Waals surface area contributed by atoms with Crippen molar-refractivity contribution in [3.63, 3.8) is 0 Å². The summed E-state index contributed by atoms with van der Waals surface area (Å²) >= 11 is 1.39. The Kier molecular flexibility index (Phi) is 20.0. The van der Waals surface area contributed by atoms with Crippen LogP contribution < -0.4 is 38.5 Å². The van der Waals surface area contributed by atoms with Crippen molar-refractivity contribution >= 4 is 59.1 Å². The normalized spacial score (nSPS) is 18.8. The molecule has 0 bridgehead atoms. The van der Waals surface area contributed by atoms with Crippen molar-refractivity contribution in [2.75, 3.05) is 31.6 Å². The summed E-state index contributed by atoms with van der Waals surface area (Å²) in [7, 11) is 0. The number of aliphatic carboxylic acids is 1. The molecule has 334 valence electrons. The third-order valence-corrected chi connectivity index (χ3v) is 11.2. The Bertz CT molecular complexity index is 1670. The molecule has 60 heavy (non-hydrogen) atoms. The Hall–Kier alpha value is -4.95. The van der Waals surface area contributed by atoms with Crippen LogP contribution in [0.2, 0.25) is 0 Å². The molecule has 2 aliphatic heterocycles. The first kappa shape index (κ1) is 49.4. The van der Waals surface area contributed by atoms with Gasteiger partial charge in [0.25, 0.3) is 0 Å². The maximum atomic E-state index is 14.2. The highest BCUT2D eigenvalue weighted by Crippen LogP contribution is 2.23. The van der Waals surface area contributed by atoms with Crippen LogP contribution in [0.25, 0.3) is 0 Å². The van der Waals surface area contributed by atoms with E-state index in [9.17, 15) is 48.6 Å². The number of thioether (sulfide) groups is 1. The number of nitrogens with two attached hydrogens (primary N) is 3. The van der Waals surface area contributed by atoms with E-state index >= 15 is 0 Å². The molecule has 2 heterocycles.